The van der Waals surface area contributed by atoms with Crippen molar-refractivity contribution >= 4 is 29.1 Å². The summed E-state index contributed by atoms with van der Waals surface area (Å²) in [4.78, 5) is 13.5. The predicted octanol–water partition coefficient (Wildman–Crippen LogP) is 3.13. The van der Waals surface area contributed by atoms with Gasteiger partial charge in [-0.25, -0.2) is 15.0 Å². The summed E-state index contributed by atoms with van der Waals surface area (Å²) in [5, 5.41) is 4.06. The zero-order chi connectivity index (χ0) is 14.0. The molecule has 102 valence electrons. The van der Waals surface area contributed by atoms with E-state index in [1.54, 1.807) is 6.33 Å². The third-order valence-corrected chi connectivity index (χ3v) is 4.34. The fraction of sp³-hybridized carbons (Fsp3) is 0.500. The first-order chi connectivity index (χ1) is 8.91. The second-order valence-corrected chi connectivity index (χ2v) is 7.15. The number of aromatic nitrogens is 4. The largest absolute Gasteiger partial charge is 0.373 e. The van der Waals surface area contributed by atoms with Crippen LogP contribution >= 0.6 is 23.3 Å². The zero-order valence-corrected chi connectivity index (χ0v) is 13.3. The molecular formula is C12H17N5S2. The SMILES string of the molecule is CNc1nc(C(C)(C)C)nc(Sc2ncns2)c1C. The monoisotopic (exact) mass is 295 g/mol. The molecule has 2 rings (SSSR count). The summed E-state index contributed by atoms with van der Waals surface area (Å²) in [5.41, 5.74) is 0.950. The molecule has 0 amide bonds. The van der Waals surface area contributed by atoms with Gasteiger partial charge in [-0.3, -0.25) is 0 Å². The molecule has 7 heteroatoms. The van der Waals surface area contributed by atoms with Gasteiger partial charge < -0.3 is 5.32 Å². The first-order valence-corrected chi connectivity index (χ1v) is 7.52. The first-order valence-electron chi connectivity index (χ1n) is 5.93. The minimum Gasteiger partial charge on any atom is -0.373 e. The van der Waals surface area contributed by atoms with Crippen molar-refractivity contribution in [2.45, 2.75) is 42.5 Å². The van der Waals surface area contributed by atoms with E-state index in [2.05, 4.69) is 45.4 Å². The van der Waals surface area contributed by atoms with Crippen molar-refractivity contribution in [1.82, 2.24) is 19.3 Å². The summed E-state index contributed by atoms with van der Waals surface area (Å²) in [6.45, 7) is 8.34. The van der Waals surface area contributed by atoms with Crippen LogP contribution in [0.5, 0.6) is 0 Å². The lowest BCUT2D eigenvalue weighted by molar-refractivity contribution is 0.538. The van der Waals surface area contributed by atoms with E-state index in [1.165, 1.54) is 23.3 Å². The van der Waals surface area contributed by atoms with E-state index in [4.69, 9.17) is 0 Å². The van der Waals surface area contributed by atoms with Crippen molar-refractivity contribution in [2.24, 2.45) is 0 Å². The second-order valence-electron chi connectivity index (χ2n) is 5.14. The van der Waals surface area contributed by atoms with Crippen molar-refractivity contribution in [2.75, 3.05) is 12.4 Å². The van der Waals surface area contributed by atoms with Crippen molar-refractivity contribution in [3.63, 3.8) is 0 Å². The number of rotatable bonds is 3. The molecule has 0 radical (unpaired) electrons. The standard InChI is InChI=1S/C12H17N5S2/c1-7-8(13-5)16-10(12(2,3)4)17-9(7)18-11-14-6-15-19-11/h6H,1-5H3,(H,13,16,17). The van der Waals surface area contributed by atoms with E-state index < -0.39 is 0 Å². The summed E-state index contributed by atoms with van der Waals surface area (Å²) >= 11 is 2.91. The van der Waals surface area contributed by atoms with Crippen molar-refractivity contribution in [3.05, 3.63) is 17.7 Å². The van der Waals surface area contributed by atoms with Crippen LogP contribution in [0.2, 0.25) is 0 Å². The number of nitrogens with one attached hydrogen (secondary N) is 1. The lowest BCUT2D eigenvalue weighted by Crippen LogP contribution is -2.18. The van der Waals surface area contributed by atoms with Crippen LogP contribution in [0.3, 0.4) is 0 Å². The highest BCUT2D eigenvalue weighted by atomic mass is 32.2. The van der Waals surface area contributed by atoms with Gasteiger partial charge >= 0.3 is 0 Å². The molecule has 0 saturated heterocycles. The van der Waals surface area contributed by atoms with Crippen molar-refractivity contribution in [1.29, 1.82) is 0 Å². The average molecular weight is 295 g/mol. The van der Waals surface area contributed by atoms with E-state index in [-0.39, 0.29) is 5.41 Å². The van der Waals surface area contributed by atoms with Gasteiger partial charge in [-0.05, 0) is 30.2 Å². The third-order valence-electron chi connectivity index (χ3n) is 2.53. The Balaban J connectivity index is 2.46. The maximum Gasteiger partial charge on any atom is 0.176 e. The third kappa shape index (κ3) is 3.22. The lowest BCUT2D eigenvalue weighted by Gasteiger charge is -2.19. The van der Waals surface area contributed by atoms with E-state index in [1.807, 2.05) is 14.0 Å². The smallest absolute Gasteiger partial charge is 0.176 e. The molecule has 5 nitrogen and oxygen atoms in total. The Labute approximate surface area is 121 Å². The molecule has 2 heterocycles. The van der Waals surface area contributed by atoms with E-state index >= 15 is 0 Å². The Bertz CT molecular complexity index is 560. The predicted molar refractivity (Wildman–Crippen MR) is 79.0 cm³/mol. The van der Waals surface area contributed by atoms with Crippen LogP contribution in [-0.2, 0) is 5.41 Å². The van der Waals surface area contributed by atoms with Crippen LogP contribution in [0, 0.1) is 6.92 Å². The molecule has 0 fully saturated rings. The van der Waals surface area contributed by atoms with Gasteiger partial charge in [0, 0.05) is 18.0 Å². The highest BCUT2D eigenvalue weighted by Crippen LogP contribution is 2.33. The van der Waals surface area contributed by atoms with Gasteiger partial charge in [0.15, 0.2) is 4.34 Å². The molecule has 0 unspecified atom stereocenters. The number of hydrogen-bond donors (Lipinski definition) is 1. The molecule has 2 aromatic heterocycles. The Morgan fingerprint density at radius 2 is 2.00 bits per heavy atom. The first kappa shape index (κ1) is 14.2. The zero-order valence-electron chi connectivity index (χ0n) is 11.7. The second kappa shape index (κ2) is 5.42. The number of anilines is 1. The van der Waals surface area contributed by atoms with E-state index in [0.29, 0.717) is 0 Å². The molecule has 0 bridgehead atoms. The van der Waals surface area contributed by atoms with E-state index in [0.717, 1.165) is 26.6 Å². The summed E-state index contributed by atoms with van der Waals surface area (Å²) in [6, 6.07) is 0. The maximum atomic E-state index is 4.68. The van der Waals surface area contributed by atoms with Crippen LogP contribution in [0.25, 0.3) is 0 Å². The summed E-state index contributed by atoms with van der Waals surface area (Å²) in [5.74, 6) is 1.70. The van der Waals surface area contributed by atoms with Gasteiger partial charge in [0.2, 0.25) is 0 Å². The Hall–Kier alpha value is -1.21. The highest BCUT2D eigenvalue weighted by molar-refractivity contribution is 8.00. The summed E-state index contributed by atoms with van der Waals surface area (Å²) < 4.78 is 4.90. The highest BCUT2D eigenvalue weighted by Gasteiger charge is 2.21. The molecule has 0 aromatic carbocycles. The van der Waals surface area contributed by atoms with E-state index in [9.17, 15) is 0 Å². The molecule has 0 spiro atoms. The molecule has 0 aliphatic rings. The lowest BCUT2D eigenvalue weighted by atomic mass is 9.95. The van der Waals surface area contributed by atoms with Gasteiger partial charge in [0.05, 0.1) is 0 Å². The fourth-order valence-electron chi connectivity index (χ4n) is 1.46. The fourth-order valence-corrected chi connectivity index (χ4v) is 2.91. The molecule has 0 aliphatic heterocycles. The normalized spacial score (nSPS) is 11.6. The van der Waals surface area contributed by atoms with Crippen LogP contribution in [0.15, 0.2) is 15.7 Å². The topological polar surface area (TPSA) is 63.6 Å². The van der Waals surface area contributed by atoms with Gasteiger partial charge in [0.25, 0.3) is 0 Å². The maximum absolute atomic E-state index is 4.68. The minimum atomic E-state index is -0.0876. The Morgan fingerprint density at radius 1 is 1.26 bits per heavy atom. The van der Waals surface area contributed by atoms with Crippen LogP contribution in [0.4, 0.5) is 5.82 Å². The molecule has 19 heavy (non-hydrogen) atoms. The minimum absolute atomic E-state index is 0.0876. The van der Waals surface area contributed by atoms with Crippen molar-refractivity contribution in [3.8, 4) is 0 Å². The van der Waals surface area contributed by atoms with Crippen molar-refractivity contribution < 1.29 is 0 Å². The Kier molecular flexibility index (Phi) is 4.05. The molecule has 0 atom stereocenters. The van der Waals surface area contributed by atoms with Gasteiger partial charge in [-0.1, -0.05) is 20.8 Å². The molecular weight excluding hydrogens is 278 g/mol. The molecule has 0 aliphatic carbocycles. The Morgan fingerprint density at radius 3 is 2.53 bits per heavy atom. The number of nitrogens with zero attached hydrogens (tertiary/aromatic N) is 4. The summed E-state index contributed by atoms with van der Waals surface area (Å²) in [6.07, 6.45) is 1.56. The van der Waals surface area contributed by atoms with Gasteiger partial charge in [0.1, 0.15) is 23.0 Å². The molecule has 0 saturated carbocycles. The van der Waals surface area contributed by atoms with Crippen LogP contribution < -0.4 is 5.32 Å². The van der Waals surface area contributed by atoms with Crippen LogP contribution in [0.1, 0.15) is 32.2 Å². The molecule has 2 aromatic rings. The average Bonchev–Trinajstić information content (AvgIpc) is 2.83. The van der Waals surface area contributed by atoms with Gasteiger partial charge in [-0.15, -0.1) is 0 Å². The summed E-state index contributed by atoms with van der Waals surface area (Å²) in [7, 11) is 1.88. The van der Waals surface area contributed by atoms with Gasteiger partial charge in [-0.2, -0.15) is 4.37 Å². The quantitative estimate of drug-likeness (QED) is 0.878. The number of hydrogen-bond acceptors (Lipinski definition) is 7. The van der Waals surface area contributed by atoms with Crippen LogP contribution in [-0.4, -0.2) is 26.4 Å². The molecule has 1 N–H and O–H groups in total.